The maximum atomic E-state index is 16.2. The molecule has 0 saturated carbocycles. The van der Waals surface area contributed by atoms with Gasteiger partial charge in [0, 0.05) is 43.3 Å². The Balaban J connectivity index is 1.33. The number of nitrogens with zero attached hydrogens (tertiary/aromatic N) is 7. The Morgan fingerprint density at radius 2 is 1.42 bits per heavy atom. The minimum absolute atomic E-state index is 0.0453. The van der Waals surface area contributed by atoms with Gasteiger partial charge in [0.25, 0.3) is 0 Å². The normalized spacial score (nSPS) is 14.0. The van der Waals surface area contributed by atoms with Gasteiger partial charge < -0.3 is 34.3 Å². The van der Waals surface area contributed by atoms with Gasteiger partial charge in [-0.3, -0.25) is 0 Å². The van der Waals surface area contributed by atoms with Crippen molar-refractivity contribution >= 4 is 54.3 Å². The van der Waals surface area contributed by atoms with Gasteiger partial charge in [0.1, 0.15) is 32.6 Å². The zero-order valence-corrected chi connectivity index (χ0v) is 43.1. The second-order valence-electron chi connectivity index (χ2n) is 17.9. The maximum Gasteiger partial charge on any atom is 0.410 e. The molecule has 0 spiro atoms. The molecule has 1 atom stereocenters. The van der Waals surface area contributed by atoms with E-state index in [9.17, 15) is 14.7 Å². The molecule has 382 valence electrons. The number of aromatic nitrogens is 5. The van der Waals surface area contributed by atoms with Gasteiger partial charge in [0.2, 0.25) is 25.9 Å². The number of thiazole rings is 1. The minimum Gasteiger partial charge on any atom is -0.497 e. The first-order valence-corrected chi connectivity index (χ1v) is 26.5. The Morgan fingerprint density at radius 3 is 1.99 bits per heavy atom. The molecule has 5 aromatic carbocycles. The van der Waals surface area contributed by atoms with Crippen molar-refractivity contribution in [2.75, 3.05) is 39.7 Å². The molecule has 23 heteroatoms. The van der Waals surface area contributed by atoms with Gasteiger partial charge in [-0.1, -0.05) is 54.6 Å². The summed E-state index contributed by atoms with van der Waals surface area (Å²) in [6.45, 7) is 4.96. The molecule has 0 bridgehead atoms. The number of anilines is 2. The van der Waals surface area contributed by atoms with Crippen LogP contribution in [0.1, 0.15) is 54.4 Å². The Hall–Kier alpha value is -7.44. The number of sulfonamides is 2. The molecular formula is C50H53N9O11S3. The standard InChI is InChI=1S/C50H53N9O11S3/c1-50(2,3)70-49(62)57-25-24-37(30-57)55-72(63,64)43-23-22-41(35-8-7-9-36(26-35)51-48-52-42(31-71-48)47(60)61)44(46-53-56-59(54-46)29-34-14-20-40(69-6)21-15-34)45(43)73(65,66)58(27-32-10-16-38(67-4)17-11-32)28-33-12-18-39(68-5)19-13-33/h7-23,26,31,37,55H,24-25,27-30H2,1-6H3,(H,51,52)(H,60,61). The maximum absolute atomic E-state index is 16.2. The molecule has 1 aliphatic heterocycles. The van der Waals surface area contributed by atoms with E-state index in [0.717, 1.165) is 16.9 Å². The van der Waals surface area contributed by atoms with Crippen LogP contribution in [-0.2, 0) is 44.4 Å². The number of benzene rings is 5. The number of tetrazole rings is 1. The van der Waals surface area contributed by atoms with Gasteiger partial charge in [-0.25, -0.2) is 36.1 Å². The molecule has 73 heavy (non-hydrogen) atoms. The minimum atomic E-state index is -4.99. The number of carbonyl (C=O) groups is 2. The molecule has 0 radical (unpaired) electrons. The van der Waals surface area contributed by atoms with Gasteiger partial charge in [-0.05, 0) is 115 Å². The van der Waals surface area contributed by atoms with E-state index < -0.39 is 53.5 Å². The van der Waals surface area contributed by atoms with Crippen LogP contribution in [0, 0.1) is 0 Å². The zero-order chi connectivity index (χ0) is 52.1. The highest BCUT2D eigenvalue weighted by molar-refractivity contribution is 7.92. The van der Waals surface area contributed by atoms with Crippen LogP contribution in [0.4, 0.5) is 15.6 Å². The van der Waals surface area contributed by atoms with Gasteiger partial charge in [-0.2, -0.15) is 9.10 Å². The van der Waals surface area contributed by atoms with Crippen LogP contribution in [0.15, 0.2) is 124 Å². The van der Waals surface area contributed by atoms with Crippen LogP contribution >= 0.6 is 11.3 Å². The molecule has 1 unspecified atom stereocenters. The number of rotatable bonds is 19. The van der Waals surface area contributed by atoms with E-state index in [0.29, 0.717) is 39.6 Å². The number of methoxy groups -OCH3 is 3. The highest BCUT2D eigenvalue weighted by atomic mass is 32.2. The molecule has 1 fully saturated rings. The highest BCUT2D eigenvalue weighted by Crippen LogP contribution is 2.42. The quantitative estimate of drug-likeness (QED) is 0.0703. The van der Waals surface area contributed by atoms with Crippen LogP contribution < -0.4 is 24.2 Å². The van der Waals surface area contributed by atoms with Crippen molar-refractivity contribution in [3.05, 3.63) is 137 Å². The molecule has 7 aromatic rings. The molecule has 0 aliphatic carbocycles. The van der Waals surface area contributed by atoms with Crippen molar-refractivity contribution in [3.8, 4) is 39.8 Å². The van der Waals surface area contributed by atoms with Crippen molar-refractivity contribution in [2.45, 2.75) is 68.3 Å². The average Bonchev–Trinajstić information content (AvgIpc) is 4.16. The summed E-state index contributed by atoms with van der Waals surface area (Å²) in [5.74, 6) is 0.291. The Morgan fingerprint density at radius 1 is 0.822 bits per heavy atom. The summed E-state index contributed by atoms with van der Waals surface area (Å²) in [6.07, 6.45) is -0.407. The highest BCUT2D eigenvalue weighted by Gasteiger charge is 2.40. The van der Waals surface area contributed by atoms with Gasteiger partial charge in [0.05, 0.1) is 33.4 Å². The van der Waals surface area contributed by atoms with E-state index in [2.05, 4.69) is 25.3 Å². The third-order valence-corrected chi connectivity index (χ3v) is 15.8. The predicted molar refractivity (Wildman–Crippen MR) is 272 cm³/mol. The fraction of sp³-hybridized carbons (Fsp3) is 0.280. The van der Waals surface area contributed by atoms with E-state index in [1.54, 1.807) is 113 Å². The first-order valence-electron chi connectivity index (χ1n) is 22.7. The fourth-order valence-electron chi connectivity index (χ4n) is 7.97. The van der Waals surface area contributed by atoms with Crippen LogP contribution in [0.5, 0.6) is 17.2 Å². The molecule has 20 nitrogen and oxygen atoms in total. The van der Waals surface area contributed by atoms with E-state index in [-0.39, 0.29) is 66.9 Å². The second kappa shape index (κ2) is 21.7. The molecule has 1 amide bonds. The van der Waals surface area contributed by atoms with E-state index in [1.165, 1.54) is 45.7 Å². The van der Waals surface area contributed by atoms with Crippen LogP contribution in [-0.4, -0.2) is 114 Å². The second-order valence-corrected chi connectivity index (χ2v) is 22.3. The fourth-order valence-corrected chi connectivity index (χ4v) is 12.4. The molecule has 3 N–H and O–H groups in total. The number of likely N-dealkylation sites (tertiary alicyclic amines) is 1. The van der Waals surface area contributed by atoms with Gasteiger partial charge >= 0.3 is 12.1 Å². The number of amides is 1. The lowest BCUT2D eigenvalue weighted by Crippen LogP contribution is -2.41. The van der Waals surface area contributed by atoms with Crippen LogP contribution in [0.25, 0.3) is 22.5 Å². The monoisotopic (exact) mass is 1050 g/mol. The third kappa shape index (κ3) is 12.4. The molecular weight excluding hydrogens is 999 g/mol. The molecule has 1 saturated heterocycles. The number of hydrogen-bond acceptors (Lipinski definition) is 16. The van der Waals surface area contributed by atoms with Crippen molar-refractivity contribution in [1.82, 2.24) is 39.1 Å². The largest absolute Gasteiger partial charge is 0.497 e. The summed E-state index contributed by atoms with van der Waals surface area (Å²) < 4.78 is 88.4. The van der Waals surface area contributed by atoms with E-state index in [4.69, 9.17) is 24.0 Å². The van der Waals surface area contributed by atoms with Crippen molar-refractivity contribution < 1.29 is 50.5 Å². The first kappa shape index (κ1) is 51.9. The third-order valence-electron chi connectivity index (χ3n) is 11.5. The SMILES string of the molecule is COc1ccc(CN(Cc2ccc(OC)cc2)S(=O)(=O)c2c(S(=O)(=O)NC3CCN(C(=O)OC(C)(C)C)C3)ccc(-c3cccc(Nc4nc(C(=O)O)cs4)c3)c2-c2nnn(Cc3ccc(OC)cc3)n2)cc1. The number of carboxylic acids is 1. The zero-order valence-electron chi connectivity index (χ0n) is 40.7. The van der Waals surface area contributed by atoms with Crippen molar-refractivity contribution in [3.63, 3.8) is 0 Å². The van der Waals surface area contributed by atoms with Gasteiger partial charge in [0.15, 0.2) is 10.8 Å². The lowest BCUT2D eigenvalue weighted by molar-refractivity contribution is 0.0291. The Bertz CT molecular complexity index is 3280. The Labute approximate surface area is 426 Å². The summed E-state index contributed by atoms with van der Waals surface area (Å²) in [4.78, 5) is 30.4. The van der Waals surface area contributed by atoms with Crippen molar-refractivity contribution in [1.29, 1.82) is 0 Å². The number of hydrogen-bond donors (Lipinski definition) is 3. The van der Waals surface area contributed by atoms with Crippen molar-refractivity contribution in [2.24, 2.45) is 0 Å². The molecule has 2 aromatic heterocycles. The molecule has 8 rings (SSSR count). The summed E-state index contributed by atoms with van der Waals surface area (Å²) in [7, 11) is -5.21. The summed E-state index contributed by atoms with van der Waals surface area (Å²) in [5, 5.41) is 27.8. The van der Waals surface area contributed by atoms with Gasteiger partial charge in [-0.15, -0.1) is 21.5 Å². The topological polar surface area (TPSA) is 247 Å². The Kier molecular flexibility index (Phi) is 15.4. The number of nitrogens with one attached hydrogen (secondary N) is 2. The van der Waals surface area contributed by atoms with E-state index in [1.807, 2.05) is 12.1 Å². The van der Waals surface area contributed by atoms with E-state index >= 15 is 16.8 Å². The number of carbonyl (C=O) groups excluding carboxylic acids is 1. The lowest BCUT2D eigenvalue weighted by atomic mass is 9.98. The molecule has 1 aliphatic rings. The number of carboxylic acid groups (broad SMARTS) is 1. The number of aromatic carboxylic acids is 1. The lowest BCUT2D eigenvalue weighted by Gasteiger charge is -2.27. The summed E-state index contributed by atoms with van der Waals surface area (Å²) >= 11 is 1.07. The first-order chi connectivity index (χ1) is 34.8. The van der Waals surface area contributed by atoms with Crippen LogP contribution in [0.3, 0.4) is 0 Å². The molecule has 3 heterocycles. The summed E-state index contributed by atoms with van der Waals surface area (Å²) in [6, 6.07) is 29.5. The van der Waals surface area contributed by atoms with Crippen LogP contribution in [0.2, 0.25) is 0 Å². The summed E-state index contributed by atoms with van der Waals surface area (Å²) in [5.41, 5.74) is 1.79. The smallest absolute Gasteiger partial charge is 0.410 e. The predicted octanol–water partition coefficient (Wildman–Crippen LogP) is 7.66. The average molecular weight is 1050 g/mol. The number of ether oxygens (including phenoxy) is 4.